The van der Waals surface area contributed by atoms with Gasteiger partial charge in [-0.05, 0) is 37.5 Å². The average molecular weight is 351 g/mol. The summed E-state index contributed by atoms with van der Waals surface area (Å²) in [4.78, 5) is 11.2. The Morgan fingerprint density at radius 3 is 2.33 bits per heavy atom. The van der Waals surface area contributed by atoms with Crippen LogP contribution in [0.4, 0.5) is 0 Å². The number of aryl methyl sites for hydroxylation is 1. The van der Waals surface area contributed by atoms with Crippen molar-refractivity contribution < 1.29 is 13.2 Å². The fourth-order valence-corrected chi connectivity index (χ4v) is 4.62. The van der Waals surface area contributed by atoms with Gasteiger partial charge in [-0.15, -0.1) is 0 Å². The Morgan fingerprint density at radius 1 is 1.24 bits per heavy atom. The van der Waals surface area contributed by atoms with Crippen LogP contribution < -0.4 is 5.73 Å². The van der Waals surface area contributed by atoms with Crippen molar-refractivity contribution in [3.8, 4) is 0 Å². The Balaban J connectivity index is 2.28. The molecule has 21 heavy (non-hydrogen) atoms. The van der Waals surface area contributed by atoms with Crippen LogP contribution in [0.1, 0.15) is 18.4 Å². The molecule has 0 atom stereocenters. The van der Waals surface area contributed by atoms with Crippen molar-refractivity contribution in [1.82, 2.24) is 4.31 Å². The van der Waals surface area contributed by atoms with E-state index in [1.807, 2.05) is 0 Å². The van der Waals surface area contributed by atoms with Crippen LogP contribution in [0.15, 0.2) is 17.0 Å². The van der Waals surface area contributed by atoms with Gasteiger partial charge in [-0.3, -0.25) is 4.79 Å². The quantitative estimate of drug-likeness (QED) is 0.906. The molecule has 0 saturated carbocycles. The Hall–Kier alpha value is -0.820. The predicted octanol–water partition coefficient (Wildman–Crippen LogP) is 2.19. The smallest absolute Gasteiger partial charge is 0.244 e. The molecule has 2 rings (SSSR count). The SMILES string of the molecule is Cc1cc(S(=O)(=O)N2CCC(C(N)=O)CC2)c(Cl)cc1Cl. The van der Waals surface area contributed by atoms with Crippen LogP contribution in [-0.4, -0.2) is 31.7 Å². The lowest BCUT2D eigenvalue weighted by atomic mass is 9.98. The number of primary amides is 1. The van der Waals surface area contributed by atoms with Crippen LogP contribution in [0.25, 0.3) is 0 Å². The number of rotatable bonds is 3. The minimum absolute atomic E-state index is 0.0450. The predicted molar refractivity (Wildman–Crippen MR) is 81.9 cm³/mol. The number of sulfonamides is 1. The van der Waals surface area contributed by atoms with E-state index < -0.39 is 10.0 Å². The number of hydrogen-bond donors (Lipinski definition) is 1. The van der Waals surface area contributed by atoms with E-state index in [-0.39, 0.29) is 34.8 Å². The average Bonchev–Trinajstić information content (AvgIpc) is 2.42. The van der Waals surface area contributed by atoms with Crippen LogP contribution in [0.2, 0.25) is 10.0 Å². The molecule has 5 nitrogen and oxygen atoms in total. The minimum atomic E-state index is -3.69. The van der Waals surface area contributed by atoms with Crippen molar-refractivity contribution in [2.24, 2.45) is 11.7 Å². The van der Waals surface area contributed by atoms with Crippen molar-refractivity contribution in [3.05, 3.63) is 27.7 Å². The Kier molecular flexibility index (Phi) is 4.82. The molecule has 1 heterocycles. The monoisotopic (exact) mass is 350 g/mol. The topological polar surface area (TPSA) is 80.5 Å². The van der Waals surface area contributed by atoms with Crippen molar-refractivity contribution in [2.75, 3.05) is 13.1 Å². The molecule has 0 aliphatic carbocycles. The minimum Gasteiger partial charge on any atom is -0.369 e. The Morgan fingerprint density at radius 2 is 1.81 bits per heavy atom. The van der Waals surface area contributed by atoms with E-state index in [0.717, 1.165) is 0 Å². The van der Waals surface area contributed by atoms with Gasteiger partial charge in [0.15, 0.2) is 0 Å². The highest BCUT2D eigenvalue weighted by Gasteiger charge is 2.32. The van der Waals surface area contributed by atoms with Gasteiger partial charge in [0.2, 0.25) is 15.9 Å². The lowest BCUT2D eigenvalue weighted by Gasteiger charge is -2.30. The number of amides is 1. The maximum Gasteiger partial charge on any atom is 0.244 e. The molecule has 0 aromatic heterocycles. The molecule has 116 valence electrons. The van der Waals surface area contributed by atoms with Gasteiger partial charge in [-0.2, -0.15) is 4.31 Å². The van der Waals surface area contributed by atoms with Gasteiger partial charge < -0.3 is 5.73 Å². The van der Waals surface area contributed by atoms with Crippen molar-refractivity contribution >= 4 is 39.1 Å². The summed E-state index contributed by atoms with van der Waals surface area (Å²) in [6.07, 6.45) is 0.859. The molecule has 1 saturated heterocycles. The normalized spacial score (nSPS) is 17.9. The molecule has 1 aliphatic rings. The van der Waals surface area contributed by atoms with E-state index in [1.54, 1.807) is 6.92 Å². The summed E-state index contributed by atoms with van der Waals surface area (Å²) in [5, 5.41) is 0.522. The lowest BCUT2D eigenvalue weighted by Crippen LogP contribution is -2.41. The number of piperidine rings is 1. The zero-order valence-electron chi connectivity index (χ0n) is 11.5. The summed E-state index contributed by atoms with van der Waals surface area (Å²) in [5.41, 5.74) is 5.90. The molecule has 8 heteroatoms. The highest BCUT2D eigenvalue weighted by Crippen LogP contribution is 2.32. The van der Waals surface area contributed by atoms with Gasteiger partial charge in [-0.25, -0.2) is 8.42 Å². The molecule has 1 aromatic carbocycles. The molecule has 1 fully saturated rings. The first-order valence-corrected chi connectivity index (χ1v) is 8.68. The van der Waals surface area contributed by atoms with Crippen LogP contribution in [0, 0.1) is 12.8 Å². The highest BCUT2D eigenvalue weighted by atomic mass is 35.5. The van der Waals surface area contributed by atoms with Crippen molar-refractivity contribution in [3.63, 3.8) is 0 Å². The summed E-state index contributed by atoms with van der Waals surface area (Å²) in [5.74, 6) is -0.647. The van der Waals surface area contributed by atoms with Gasteiger partial charge in [-0.1, -0.05) is 23.2 Å². The fraction of sp³-hybridized carbons (Fsp3) is 0.462. The van der Waals surface area contributed by atoms with Crippen molar-refractivity contribution in [1.29, 1.82) is 0 Å². The maximum atomic E-state index is 12.6. The standard InChI is InChI=1S/C13H16Cl2N2O3S/c1-8-6-12(11(15)7-10(8)14)21(19,20)17-4-2-9(3-5-17)13(16)18/h6-7,9H,2-5H2,1H3,(H2,16,18). The number of hydrogen-bond acceptors (Lipinski definition) is 3. The third kappa shape index (κ3) is 3.34. The van der Waals surface area contributed by atoms with Gasteiger partial charge in [0.1, 0.15) is 4.90 Å². The van der Waals surface area contributed by atoms with Crippen LogP contribution in [-0.2, 0) is 14.8 Å². The van der Waals surface area contributed by atoms with Gasteiger partial charge >= 0.3 is 0 Å². The molecule has 1 amide bonds. The first-order chi connectivity index (χ1) is 9.73. The Labute approximate surface area is 134 Å². The summed E-state index contributed by atoms with van der Waals surface area (Å²) < 4.78 is 26.6. The van der Waals surface area contributed by atoms with E-state index in [1.165, 1.54) is 16.4 Å². The zero-order valence-corrected chi connectivity index (χ0v) is 13.8. The molecule has 0 radical (unpaired) electrons. The number of nitrogens with two attached hydrogens (primary N) is 1. The Bertz CT molecular complexity index is 668. The molecule has 2 N–H and O–H groups in total. The number of carbonyl (C=O) groups is 1. The summed E-state index contributed by atoms with van der Waals surface area (Å²) in [6, 6.07) is 2.90. The van der Waals surface area contributed by atoms with Crippen molar-refractivity contribution in [2.45, 2.75) is 24.7 Å². The molecular weight excluding hydrogens is 335 g/mol. The summed E-state index contributed by atoms with van der Waals surface area (Å²) in [6.45, 7) is 2.24. The second kappa shape index (κ2) is 6.12. The van der Waals surface area contributed by atoms with E-state index >= 15 is 0 Å². The number of carbonyl (C=O) groups excluding carboxylic acids is 1. The van der Waals surface area contributed by atoms with Gasteiger partial charge in [0.05, 0.1) is 5.02 Å². The summed E-state index contributed by atoms with van der Waals surface area (Å²) in [7, 11) is -3.69. The third-order valence-corrected chi connectivity index (χ3v) is 6.46. The largest absolute Gasteiger partial charge is 0.369 e. The molecule has 0 bridgehead atoms. The number of benzene rings is 1. The number of halogens is 2. The first kappa shape index (κ1) is 16.5. The second-order valence-corrected chi connectivity index (χ2v) is 7.83. The third-order valence-electron chi connectivity index (χ3n) is 3.69. The summed E-state index contributed by atoms with van der Waals surface area (Å²) >= 11 is 12.0. The maximum absolute atomic E-state index is 12.6. The van der Waals surface area contributed by atoms with E-state index in [9.17, 15) is 13.2 Å². The molecule has 0 spiro atoms. The second-order valence-electron chi connectivity index (χ2n) is 5.11. The number of nitrogens with zero attached hydrogens (tertiary/aromatic N) is 1. The molecule has 0 unspecified atom stereocenters. The van der Waals surface area contributed by atoms with E-state index in [0.29, 0.717) is 23.4 Å². The highest BCUT2D eigenvalue weighted by molar-refractivity contribution is 7.89. The van der Waals surface area contributed by atoms with Crippen LogP contribution >= 0.6 is 23.2 Å². The van der Waals surface area contributed by atoms with Gasteiger partial charge in [0.25, 0.3) is 0 Å². The fourth-order valence-electron chi connectivity index (χ4n) is 2.35. The van der Waals surface area contributed by atoms with Crippen LogP contribution in [0.3, 0.4) is 0 Å². The molecule has 1 aliphatic heterocycles. The molecular formula is C13H16Cl2N2O3S. The zero-order chi connectivity index (χ0) is 15.8. The van der Waals surface area contributed by atoms with Gasteiger partial charge in [0, 0.05) is 24.0 Å². The molecule has 1 aromatic rings. The van der Waals surface area contributed by atoms with E-state index in [2.05, 4.69) is 0 Å². The van der Waals surface area contributed by atoms with Crippen LogP contribution in [0.5, 0.6) is 0 Å². The van der Waals surface area contributed by atoms with E-state index in [4.69, 9.17) is 28.9 Å². The lowest BCUT2D eigenvalue weighted by molar-refractivity contribution is -0.122. The first-order valence-electron chi connectivity index (χ1n) is 6.48.